The molecule has 150 valence electrons. The van der Waals surface area contributed by atoms with Crippen molar-refractivity contribution in [2.75, 3.05) is 11.9 Å². The summed E-state index contributed by atoms with van der Waals surface area (Å²) >= 11 is 0. The number of carbonyl (C=O) groups is 1. The highest BCUT2D eigenvalue weighted by molar-refractivity contribution is 6.08. The van der Waals surface area contributed by atoms with E-state index in [0.29, 0.717) is 18.0 Å². The van der Waals surface area contributed by atoms with E-state index in [1.807, 2.05) is 65.8 Å². The molecule has 0 aliphatic rings. The number of nitrogens with zero attached hydrogens (tertiary/aromatic N) is 3. The third-order valence-electron chi connectivity index (χ3n) is 3.98. The Kier molecular flexibility index (Phi) is 7.04. The van der Waals surface area contributed by atoms with Gasteiger partial charge in [0.2, 0.25) is 5.91 Å². The van der Waals surface area contributed by atoms with Crippen molar-refractivity contribution in [3.63, 3.8) is 0 Å². The summed E-state index contributed by atoms with van der Waals surface area (Å²) in [6, 6.07) is 7.58. The molecule has 2 aromatic rings. The fraction of sp³-hybridized carbons (Fsp3) is 0.364. The van der Waals surface area contributed by atoms with Crippen LogP contribution in [0.1, 0.15) is 47.3 Å². The zero-order chi connectivity index (χ0) is 20.7. The second kappa shape index (κ2) is 9.26. The van der Waals surface area contributed by atoms with Crippen LogP contribution in [0, 0.1) is 12.3 Å². The van der Waals surface area contributed by atoms with Gasteiger partial charge in [0.05, 0.1) is 5.69 Å². The quantitative estimate of drug-likeness (QED) is 0.688. The van der Waals surface area contributed by atoms with Crippen molar-refractivity contribution in [3.8, 4) is 11.8 Å². The van der Waals surface area contributed by atoms with Crippen LogP contribution in [0.3, 0.4) is 0 Å². The van der Waals surface area contributed by atoms with Crippen molar-refractivity contribution in [1.82, 2.24) is 9.97 Å². The normalized spacial score (nSPS) is 12.3. The van der Waals surface area contributed by atoms with Gasteiger partial charge in [0.1, 0.15) is 5.75 Å². The summed E-state index contributed by atoms with van der Waals surface area (Å²) in [5, 5.41) is 2.91. The Balaban J connectivity index is 0.00000420. The Morgan fingerprint density at radius 2 is 2.07 bits per heavy atom. The third-order valence-corrected chi connectivity index (χ3v) is 3.98. The van der Waals surface area contributed by atoms with Gasteiger partial charge in [-0.3, -0.25) is 9.79 Å². The number of aryl methyl sites for hydroxylation is 1. The summed E-state index contributed by atoms with van der Waals surface area (Å²) in [4.78, 5) is 25.2. The molecule has 0 bridgehead atoms. The molecule has 1 amide bonds. The number of rotatable bonds is 6. The molecule has 1 N–H and O–H groups in total. The first-order chi connectivity index (χ1) is 13.2. The Labute approximate surface area is 168 Å². The lowest BCUT2D eigenvalue weighted by atomic mass is 9.95. The van der Waals surface area contributed by atoms with Gasteiger partial charge in [-0.15, -0.1) is 0 Å². The van der Waals surface area contributed by atoms with Crippen molar-refractivity contribution in [3.05, 3.63) is 47.8 Å². The number of ether oxygens (including phenoxy) is 1. The highest BCUT2D eigenvalue weighted by Crippen LogP contribution is 2.28. The standard InChI is InChI=1S/C22H28N4O2.H2/c1-7-16(14-23-8-2)18-11-12-24-21(26-18)28-19-13-17(10-9-15(19)3)25-20(27)22(4,5)6;/h7,9-14H,8H2,1-6H3,(H,25,27);1H/b16-7+,23-14?;. The molecular formula is C22H30N4O2. The van der Waals surface area contributed by atoms with Gasteiger partial charge >= 0.3 is 6.01 Å². The first-order valence-corrected chi connectivity index (χ1v) is 9.34. The van der Waals surface area contributed by atoms with Crippen LogP contribution in [-0.4, -0.2) is 28.6 Å². The molecule has 1 heterocycles. The van der Waals surface area contributed by atoms with E-state index in [2.05, 4.69) is 20.3 Å². The summed E-state index contributed by atoms with van der Waals surface area (Å²) < 4.78 is 5.91. The molecule has 0 atom stereocenters. The fourth-order valence-corrected chi connectivity index (χ4v) is 2.23. The highest BCUT2D eigenvalue weighted by Gasteiger charge is 2.21. The lowest BCUT2D eigenvalue weighted by molar-refractivity contribution is -0.123. The van der Waals surface area contributed by atoms with Crippen LogP contribution >= 0.6 is 0 Å². The molecule has 0 spiro atoms. The molecule has 28 heavy (non-hydrogen) atoms. The number of aliphatic imine (C=N–C) groups is 1. The molecule has 0 saturated heterocycles. The van der Waals surface area contributed by atoms with Crippen molar-refractivity contribution in [2.45, 2.75) is 41.5 Å². The van der Waals surface area contributed by atoms with Crippen molar-refractivity contribution < 1.29 is 11.0 Å². The predicted molar refractivity (Wildman–Crippen MR) is 116 cm³/mol. The van der Waals surface area contributed by atoms with E-state index in [-0.39, 0.29) is 13.3 Å². The van der Waals surface area contributed by atoms with Crippen LogP contribution in [0.2, 0.25) is 0 Å². The van der Waals surface area contributed by atoms with E-state index in [4.69, 9.17) is 4.74 Å². The Morgan fingerprint density at radius 3 is 2.71 bits per heavy atom. The number of anilines is 1. The van der Waals surface area contributed by atoms with Crippen LogP contribution < -0.4 is 10.1 Å². The maximum atomic E-state index is 12.2. The molecule has 0 fully saturated rings. The minimum Gasteiger partial charge on any atom is -0.424 e. The van der Waals surface area contributed by atoms with E-state index < -0.39 is 5.41 Å². The second-order valence-electron chi connectivity index (χ2n) is 7.38. The molecule has 1 aromatic heterocycles. The number of amides is 1. The largest absolute Gasteiger partial charge is 0.424 e. The van der Waals surface area contributed by atoms with Gasteiger partial charge in [-0.2, -0.15) is 4.98 Å². The summed E-state index contributed by atoms with van der Waals surface area (Å²) in [6.45, 7) is 12.2. The number of hydrogen-bond donors (Lipinski definition) is 1. The van der Waals surface area contributed by atoms with E-state index >= 15 is 0 Å². The van der Waals surface area contributed by atoms with Gasteiger partial charge in [-0.25, -0.2) is 4.98 Å². The summed E-state index contributed by atoms with van der Waals surface area (Å²) in [5.74, 6) is 0.529. The molecular weight excluding hydrogens is 352 g/mol. The number of benzene rings is 1. The summed E-state index contributed by atoms with van der Waals surface area (Å²) in [6.07, 6.45) is 5.39. The van der Waals surface area contributed by atoms with Crippen molar-refractivity contribution >= 4 is 23.4 Å². The number of allylic oxidation sites excluding steroid dienone is 2. The van der Waals surface area contributed by atoms with E-state index in [1.165, 1.54) is 0 Å². The number of nitrogens with one attached hydrogen (secondary N) is 1. The smallest absolute Gasteiger partial charge is 0.322 e. The van der Waals surface area contributed by atoms with E-state index in [9.17, 15) is 4.79 Å². The van der Waals surface area contributed by atoms with Crippen LogP contribution in [0.25, 0.3) is 5.57 Å². The fourth-order valence-electron chi connectivity index (χ4n) is 2.23. The second-order valence-corrected chi connectivity index (χ2v) is 7.38. The SMILES string of the molecule is C/C=C(\C=NCC)c1ccnc(Oc2cc(NC(=O)C(C)(C)C)ccc2C)n1.[HH]. The van der Waals surface area contributed by atoms with Crippen LogP contribution in [0.4, 0.5) is 5.69 Å². The van der Waals surface area contributed by atoms with Gasteiger partial charge in [0.25, 0.3) is 0 Å². The lowest BCUT2D eigenvalue weighted by Crippen LogP contribution is -2.27. The van der Waals surface area contributed by atoms with Gasteiger partial charge < -0.3 is 10.1 Å². The molecule has 6 heteroatoms. The minimum absolute atomic E-state index is 0. The molecule has 6 nitrogen and oxygen atoms in total. The summed E-state index contributed by atoms with van der Waals surface area (Å²) in [5.41, 5.74) is 2.74. The molecule has 1 aromatic carbocycles. The molecule has 0 radical (unpaired) electrons. The number of aromatic nitrogens is 2. The van der Waals surface area contributed by atoms with Crippen LogP contribution in [-0.2, 0) is 4.79 Å². The van der Waals surface area contributed by atoms with Crippen LogP contribution in [0.5, 0.6) is 11.8 Å². The minimum atomic E-state index is -0.480. The van der Waals surface area contributed by atoms with Gasteiger partial charge in [-0.05, 0) is 38.5 Å². The van der Waals surface area contributed by atoms with E-state index in [1.54, 1.807) is 18.5 Å². The third kappa shape index (κ3) is 5.74. The molecule has 0 aliphatic carbocycles. The number of carbonyl (C=O) groups excluding carboxylic acids is 1. The maximum absolute atomic E-state index is 12.2. The summed E-state index contributed by atoms with van der Waals surface area (Å²) in [7, 11) is 0. The van der Waals surface area contributed by atoms with Crippen LogP contribution in [0.15, 0.2) is 41.5 Å². The molecule has 0 saturated carbocycles. The Morgan fingerprint density at radius 1 is 1.32 bits per heavy atom. The van der Waals surface area contributed by atoms with Gasteiger partial charge in [0, 0.05) is 43.1 Å². The van der Waals surface area contributed by atoms with E-state index in [0.717, 1.165) is 16.8 Å². The first-order valence-electron chi connectivity index (χ1n) is 9.34. The average Bonchev–Trinajstić information content (AvgIpc) is 2.64. The average molecular weight is 383 g/mol. The zero-order valence-electron chi connectivity index (χ0n) is 17.4. The Hall–Kier alpha value is -3.02. The topological polar surface area (TPSA) is 76.5 Å². The monoisotopic (exact) mass is 382 g/mol. The predicted octanol–water partition coefficient (Wildman–Crippen LogP) is 5.30. The first kappa shape index (κ1) is 21.3. The highest BCUT2D eigenvalue weighted by atomic mass is 16.5. The number of hydrogen-bond acceptors (Lipinski definition) is 5. The maximum Gasteiger partial charge on any atom is 0.322 e. The molecule has 0 aliphatic heterocycles. The Bertz CT molecular complexity index is 902. The van der Waals surface area contributed by atoms with Gasteiger partial charge in [-0.1, -0.05) is 32.9 Å². The zero-order valence-corrected chi connectivity index (χ0v) is 17.4. The lowest BCUT2D eigenvalue weighted by Gasteiger charge is -2.18. The molecule has 0 unspecified atom stereocenters. The van der Waals surface area contributed by atoms with Crippen molar-refractivity contribution in [1.29, 1.82) is 0 Å². The van der Waals surface area contributed by atoms with Crippen molar-refractivity contribution in [2.24, 2.45) is 10.4 Å². The van der Waals surface area contributed by atoms with Gasteiger partial charge in [0.15, 0.2) is 0 Å². The molecule has 2 rings (SSSR count).